The maximum atomic E-state index is 10.8. The second-order valence-corrected chi connectivity index (χ2v) is 3.67. The van der Waals surface area contributed by atoms with Crippen molar-refractivity contribution >= 4 is 11.3 Å². The van der Waals surface area contributed by atoms with Gasteiger partial charge in [-0.15, -0.1) is 0 Å². The van der Waals surface area contributed by atoms with Gasteiger partial charge in [0.05, 0.1) is 0 Å². The highest BCUT2D eigenvalue weighted by Gasteiger charge is 2.09. The second-order valence-electron chi connectivity index (χ2n) is 2.82. The van der Waals surface area contributed by atoms with Crippen molar-refractivity contribution in [2.75, 3.05) is 6.54 Å². The molecule has 0 aromatic carbocycles. The number of nitrogens with two attached hydrogens (primary N) is 1. The molecule has 1 heterocycles. The molecule has 3 nitrogen and oxygen atoms in total. The molecule has 3 N–H and O–H groups in total. The Morgan fingerprint density at radius 2 is 2.50 bits per heavy atom. The zero-order chi connectivity index (χ0) is 8.97. The van der Waals surface area contributed by atoms with Crippen LogP contribution in [-0.4, -0.2) is 11.5 Å². The van der Waals surface area contributed by atoms with Crippen molar-refractivity contribution in [1.82, 2.24) is 4.98 Å². The summed E-state index contributed by atoms with van der Waals surface area (Å²) in [6, 6.07) is 0. The van der Waals surface area contributed by atoms with Crippen LogP contribution in [0.4, 0.5) is 0 Å². The Hall–Kier alpha value is -0.610. The lowest BCUT2D eigenvalue weighted by atomic mass is 10.0. The summed E-state index contributed by atoms with van der Waals surface area (Å²) in [5.41, 5.74) is 6.58. The van der Waals surface area contributed by atoms with Crippen molar-refractivity contribution in [3.63, 3.8) is 0 Å². The van der Waals surface area contributed by atoms with Crippen molar-refractivity contribution in [2.45, 2.75) is 25.7 Å². The summed E-state index contributed by atoms with van der Waals surface area (Å²) in [5.74, 6) is 0.328. The van der Waals surface area contributed by atoms with Crippen LogP contribution in [0.1, 0.15) is 31.4 Å². The second kappa shape index (κ2) is 4.42. The Labute approximate surface area is 75.6 Å². The lowest BCUT2D eigenvalue weighted by Gasteiger charge is -2.10. The molecule has 0 spiro atoms. The molecule has 0 aliphatic heterocycles. The number of hydrogen-bond donors (Lipinski definition) is 2. The van der Waals surface area contributed by atoms with Gasteiger partial charge in [-0.2, -0.15) is 0 Å². The molecule has 0 amide bonds. The van der Waals surface area contributed by atoms with E-state index in [0.717, 1.165) is 18.5 Å². The molecule has 1 atom stereocenters. The minimum atomic E-state index is 0.0135. The summed E-state index contributed by atoms with van der Waals surface area (Å²) in [6.07, 6.45) is 2.14. The number of hydrogen-bond acceptors (Lipinski definition) is 3. The molecule has 0 saturated carbocycles. The molecular formula is C8H14N2OS. The van der Waals surface area contributed by atoms with Crippen molar-refractivity contribution in [1.29, 1.82) is 0 Å². The molecule has 1 aromatic rings. The molecule has 0 bridgehead atoms. The molecule has 68 valence electrons. The Morgan fingerprint density at radius 3 is 2.92 bits per heavy atom. The van der Waals surface area contributed by atoms with E-state index in [9.17, 15) is 4.79 Å². The lowest BCUT2D eigenvalue weighted by molar-refractivity contribution is 0.609. The molecule has 0 aliphatic carbocycles. The highest BCUT2D eigenvalue weighted by atomic mass is 32.1. The third-order valence-corrected chi connectivity index (χ3v) is 2.59. The molecule has 0 saturated heterocycles. The fourth-order valence-electron chi connectivity index (χ4n) is 1.24. The number of aromatic amines is 1. The molecule has 4 heteroatoms. The summed E-state index contributed by atoms with van der Waals surface area (Å²) in [5, 5.41) is 1.87. The normalized spacial score (nSPS) is 13.2. The first-order valence-corrected chi connectivity index (χ1v) is 5.03. The van der Waals surface area contributed by atoms with E-state index in [0.29, 0.717) is 12.5 Å². The Balaban J connectivity index is 2.72. The largest absolute Gasteiger partial charge is 0.330 e. The van der Waals surface area contributed by atoms with Crippen molar-refractivity contribution < 1.29 is 0 Å². The van der Waals surface area contributed by atoms with Gasteiger partial charge in [0, 0.05) is 23.5 Å². The predicted octanol–water partition coefficient (Wildman–Crippen LogP) is 1.28. The Kier molecular flexibility index (Phi) is 3.49. The van der Waals surface area contributed by atoms with Crippen molar-refractivity contribution in [2.24, 2.45) is 5.73 Å². The van der Waals surface area contributed by atoms with E-state index < -0.39 is 0 Å². The first kappa shape index (κ1) is 9.48. The third kappa shape index (κ3) is 2.19. The molecule has 0 aliphatic rings. The highest BCUT2D eigenvalue weighted by Crippen LogP contribution is 2.17. The van der Waals surface area contributed by atoms with E-state index in [1.54, 1.807) is 0 Å². The van der Waals surface area contributed by atoms with Crippen LogP contribution in [0.2, 0.25) is 0 Å². The summed E-state index contributed by atoms with van der Waals surface area (Å²) in [7, 11) is 0. The van der Waals surface area contributed by atoms with Gasteiger partial charge in [-0.25, -0.2) is 0 Å². The predicted molar refractivity (Wildman–Crippen MR) is 51.6 cm³/mol. The van der Waals surface area contributed by atoms with Gasteiger partial charge in [0.25, 0.3) is 0 Å². The first-order chi connectivity index (χ1) is 5.77. The number of nitrogens with one attached hydrogen (secondary N) is 1. The van der Waals surface area contributed by atoms with Crippen LogP contribution >= 0.6 is 11.3 Å². The van der Waals surface area contributed by atoms with Crippen LogP contribution in [0.25, 0.3) is 0 Å². The third-order valence-electron chi connectivity index (χ3n) is 1.90. The van der Waals surface area contributed by atoms with Gasteiger partial charge in [0.1, 0.15) is 0 Å². The maximum Gasteiger partial charge on any atom is 0.304 e. The number of rotatable bonds is 4. The number of aromatic nitrogens is 1. The van der Waals surface area contributed by atoms with Crippen LogP contribution < -0.4 is 10.6 Å². The van der Waals surface area contributed by atoms with Gasteiger partial charge >= 0.3 is 4.87 Å². The van der Waals surface area contributed by atoms with Gasteiger partial charge < -0.3 is 10.7 Å². The summed E-state index contributed by atoms with van der Waals surface area (Å²) >= 11 is 1.21. The van der Waals surface area contributed by atoms with E-state index in [1.165, 1.54) is 11.3 Å². The monoisotopic (exact) mass is 186 g/mol. The lowest BCUT2D eigenvalue weighted by Crippen LogP contribution is -2.13. The fourth-order valence-corrected chi connectivity index (χ4v) is 1.90. The van der Waals surface area contributed by atoms with Crippen LogP contribution in [0.15, 0.2) is 10.2 Å². The topological polar surface area (TPSA) is 58.9 Å². The smallest absolute Gasteiger partial charge is 0.304 e. The zero-order valence-electron chi connectivity index (χ0n) is 7.17. The van der Waals surface area contributed by atoms with Gasteiger partial charge in [-0.1, -0.05) is 24.7 Å². The number of thiazole rings is 1. The maximum absolute atomic E-state index is 10.8. The quantitative estimate of drug-likeness (QED) is 0.744. The van der Waals surface area contributed by atoms with Gasteiger partial charge in [0.2, 0.25) is 0 Å². The van der Waals surface area contributed by atoms with Crippen LogP contribution in [0.5, 0.6) is 0 Å². The fraction of sp³-hybridized carbons (Fsp3) is 0.625. The van der Waals surface area contributed by atoms with Crippen LogP contribution in [-0.2, 0) is 0 Å². The molecule has 1 unspecified atom stereocenters. The average Bonchev–Trinajstić information content (AvgIpc) is 2.47. The summed E-state index contributed by atoms with van der Waals surface area (Å²) in [6.45, 7) is 2.73. The zero-order valence-corrected chi connectivity index (χ0v) is 7.99. The minimum Gasteiger partial charge on any atom is -0.330 e. The standard InChI is InChI=1S/C8H14N2OS/c1-2-3-6(4-9)7-5-12-8(11)10-7/h5-6H,2-4,9H2,1H3,(H,10,11). The van der Waals surface area contributed by atoms with E-state index in [1.807, 2.05) is 5.38 Å². The van der Waals surface area contributed by atoms with Gasteiger partial charge in [0.15, 0.2) is 0 Å². The van der Waals surface area contributed by atoms with E-state index in [-0.39, 0.29) is 4.87 Å². The van der Waals surface area contributed by atoms with E-state index in [2.05, 4.69) is 11.9 Å². The van der Waals surface area contributed by atoms with E-state index in [4.69, 9.17) is 5.73 Å². The Morgan fingerprint density at radius 1 is 1.75 bits per heavy atom. The van der Waals surface area contributed by atoms with Gasteiger partial charge in [-0.3, -0.25) is 4.79 Å². The van der Waals surface area contributed by atoms with E-state index >= 15 is 0 Å². The average molecular weight is 186 g/mol. The van der Waals surface area contributed by atoms with Gasteiger partial charge in [-0.05, 0) is 6.42 Å². The molecule has 1 aromatic heterocycles. The van der Waals surface area contributed by atoms with Crippen LogP contribution in [0.3, 0.4) is 0 Å². The summed E-state index contributed by atoms with van der Waals surface area (Å²) in [4.78, 5) is 13.6. The molecule has 0 fully saturated rings. The first-order valence-electron chi connectivity index (χ1n) is 4.15. The Bertz CT molecular complexity index is 279. The van der Waals surface area contributed by atoms with Crippen molar-refractivity contribution in [3.05, 3.63) is 20.7 Å². The molecular weight excluding hydrogens is 172 g/mol. The highest BCUT2D eigenvalue weighted by molar-refractivity contribution is 7.07. The number of H-pyrrole nitrogens is 1. The molecule has 1 rings (SSSR count). The van der Waals surface area contributed by atoms with Crippen molar-refractivity contribution in [3.8, 4) is 0 Å². The summed E-state index contributed by atoms with van der Waals surface area (Å²) < 4.78 is 0. The van der Waals surface area contributed by atoms with Crippen LogP contribution in [0, 0.1) is 0 Å². The molecule has 12 heavy (non-hydrogen) atoms. The SMILES string of the molecule is CCCC(CN)c1csc(=O)[nH]1. The minimum absolute atomic E-state index is 0.0135. The molecule has 0 radical (unpaired) electrons.